The maximum atomic E-state index is 12.5. The number of furan rings is 1. The summed E-state index contributed by atoms with van der Waals surface area (Å²) in [4.78, 5) is 16.9. The quantitative estimate of drug-likeness (QED) is 0.845. The monoisotopic (exact) mass is 369 g/mol. The Morgan fingerprint density at radius 3 is 2.59 bits per heavy atom. The first-order valence-electron chi connectivity index (χ1n) is 9.76. The molecule has 1 aromatic carbocycles. The van der Waals surface area contributed by atoms with Crippen LogP contribution in [-0.4, -0.2) is 44.5 Å². The van der Waals surface area contributed by atoms with E-state index in [1.807, 2.05) is 57.1 Å². The minimum atomic E-state index is 0.0191. The van der Waals surface area contributed by atoms with Crippen LogP contribution in [0.3, 0.4) is 0 Å². The van der Waals surface area contributed by atoms with E-state index < -0.39 is 0 Å². The van der Waals surface area contributed by atoms with E-state index in [1.165, 1.54) is 5.56 Å². The van der Waals surface area contributed by atoms with Crippen molar-refractivity contribution in [2.45, 2.75) is 33.2 Å². The second kappa shape index (κ2) is 8.61. The fourth-order valence-corrected chi connectivity index (χ4v) is 3.69. The second-order valence-electron chi connectivity index (χ2n) is 7.81. The van der Waals surface area contributed by atoms with Crippen molar-refractivity contribution >= 4 is 11.6 Å². The molecule has 1 N–H and O–H groups in total. The van der Waals surface area contributed by atoms with Crippen LogP contribution in [0.5, 0.6) is 0 Å². The van der Waals surface area contributed by atoms with Gasteiger partial charge >= 0.3 is 0 Å². The summed E-state index contributed by atoms with van der Waals surface area (Å²) in [7, 11) is 3.97. The molecule has 2 heterocycles. The van der Waals surface area contributed by atoms with Crippen molar-refractivity contribution in [1.29, 1.82) is 0 Å². The summed E-state index contributed by atoms with van der Waals surface area (Å²) in [6.07, 6.45) is 2.24. The highest BCUT2D eigenvalue weighted by molar-refractivity contribution is 5.95. The molecule has 1 aromatic heterocycles. The number of hydrogen-bond donors (Lipinski definition) is 1. The Bertz CT molecular complexity index is 774. The Balaban J connectivity index is 1.45. The number of anilines is 1. The molecule has 0 radical (unpaired) electrons. The first-order valence-corrected chi connectivity index (χ1v) is 9.76. The molecule has 5 nitrogen and oxygen atoms in total. The molecule has 2 aromatic rings. The van der Waals surface area contributed by atoms with Gasteiger partial charge in [0.15, 0.2) is 0 Å². The average Bonchev–Trinajstić information content (AvgIpc) is 2.98. The first-order chi connectivity index (χ1) is 12.9. The molecule has 27 heavy (non-hydrogen) atoms. The van der Waals surface area contributed by atoms with Crippen molar-refractivity contribution in [1.82, 2.24) is 10.2 Å². The number of carbonyl (C=O) groups is 1. The van der Waals surface area contributed by atoms with Gasteiger partial charge in [0.05, 0.1) is 0 Å². The number of likely N-dealkylation sites (tertiary alicyclic amines) is 1. The third-order valence-corrected chi connectivity index (χ3v) is 5.42. The van der Waals surface area contributed by atoms with Crippen molar-refractivity contribution in [3.8, 4) is 0 Å². The van der Waals surface area contributed by atoms with E-state index >= 15 is 0 Å². The number of hydrogen-bond acceptors (Lipinski definition) is 4. The zero-order valence-electron chi connectivity index (χ0n) is 16.9. The lowest BCUT2D eigenvalue weighted by atomic mass is 9.96. The number of nitrogens with one attached hydrogen (secondary N) is 1. The van der Waals surface area contributed by atoms with Gasteiger partial charge in [0, 0.05) is 44.0 Å². The molecule has 1 amide bonds. The Morgan fingerprint density at radius 1 is 1.22 bits per heavy atom. The minimum Gasteiger partial charge on any atom is -0.466 e. The summed E-state index contributed by atoms with van der Waals surface area (Å²) >= 11 is 0. The highest BCUT2D eigenvalue weighted by Gasteiger charge is 2.21. The maximum Gasteiger partial charge on any atom is 0.251 e. The van der Waals surface area contributed by atoms with Crippen LogP contribution in [0, 0.1) is 19.8 Å². The molecule has 5 heteroatoms. The maximum absolute atomic E-state index is 12.5. The van der Waals surface area contributed by atoms with Crippen molar-refractivity contribution in [2.24, 2.45) is 5.92 Å². The number of nitrogens with zero attached hydrogens (tertiary/aromatic N) is 2. The van der Waals surface area contributed by atoms with E-state index in [4.69, 9.17) is 4.42 Å². The van der Waals surface area contributed by atoms with Crippen LogP contribution in [0.15, 0.2) is 34.7 Å². The summed E-state index contributed by atoms with van der Waals surface area (Å²) in [6, 6.07) is 9.90. The molecule has 0 atom stereocenters. The number of piperidine rings is 1. The van der Waals surface area contributed by atoms with Crippen LogP contribution < -0.4 is 10.2 Å². The molecule has 0 aliphatic carbocycles. The summed E-state index contributed by atoms with van der Waals surface area (Å²) in [5.41, 5.74) is 3.06. The summed E-state index contributed by atoms with van der Waals surface area (Å²) in [5, 5.41) is 3.12. The molecule has 0 saturated carbocycles. The highest BCUT2D eigenvalue weighted by atomic mass is 16.3. The lowest BCUT2D eigenvalue weighted by Gasteiger charge is -2.31. The molecule has 146 valence electrons. The number of amides is 1. The summed E-state index contributed by atoms with van der Waals surface area (Å²) in [5.74, 6) is 2.58. The largest absolute Gasteiger partial charge is 0.466 e. The van der Waals surface area contributed by atoms with Gasteiger partial charge < -0.3 is 14.6 Å². The SMILES string of the molecule is Cc1cc(CN2CCC(CNC(=O)c3cccc(N(C)C)c3)CC2)c(C)o1. The molecule has 1 aliphatic heterocycles. The van der Waals surface area contributed by atoms with Crippen molar-refractivity contribution in [3.05, 3.63) is 53.0 Å². The minimum absolute atomic E-state index is 0.0191. The number of rotatable bonds is 6. The smallest absolute Gasteiger partial charge is 0.251 e. The van der Waals surface area contributed by atoms with Crippen LogP contribution in [-0.2, 0) is 6.54 Å². The summed E-state index contributed by atoms with van der Waals surface area (Å²) in [6.45, 7) is 7.89. The fraction of sp³-hybridized carbons (Fsp3) is 0.500. The number of aryl methyl sites for hydroxylation is 2. The zero-order chi connectivity index (χ0) is 19.4. The molecule has 0 unspecified atom stereocenters. The van der Waals surface area contributed by atoms with Gasteiger partial charge in [0.25, 0.3) is 5.91 Å². The zero-order valence-corrected chi connectivity index (χ0v) is 16.9. The predicted molar refractivity (Wildman–Crippen MR) is 109 cm³/mol. The van der Waals surface area contributed by atoms with E-state index in [0.29, 0.717) is 5.92 Å². The molecule has 3 rings (SSSR count). The van der Waals surface area contributed by atoms with Crippen LogP contribution in [0.2, 0.25) is 0 Å². The molecule has 1 saturated heterocycles. The third kappa shape index (κ3) is 5.13. The average molecular weight is 370 g/mol. The van der Waals surface area contributed by atoms with Gasteiger partial charge in [0.2, 0.25) is 0 Å². The van der Waals surface area contributed by atoms with Crippen molar-refractivity contribution in [2.75, 3.05) is 38.6 Å². The van der Waals surface area contributed by atoms with Crippen molar-refractivity contribution in [3.63, 3.8) is 0 Å². The normalized spacial score (nSPS) is 15.7. The van der Waals surface area contributed by atoms with E-state index in [0.717, 1.165) is 61.8 Å². The first kappa shape index (κ1) is 19.5. The van der Waals surface area contributed by atoms with Gasteiger partial charge in [-0.15, -0.1) is 0 Å². The van der Waals surface area contributed by atoms with E-state index in [2.05, 4.69) is 16.3 Å². The Hall–Kier alpha value is -2.27. The summed E-state index contributed by atoms with van der Waals surface area (Å²) < 4.78 is 5.63. The molecule has 0 spiro atoms. The van der Waals surface area contributed by atoms with Gasteiger partial charge in [-0.3, -0.25) is 9.69 Å². The topological polar surface area (TPSA) is 48.7 Å². The van der Waals surface area contributed by atoms with Gasteiger partial charge in [-0.1, -0.05) is 6.07 Å². The van der Waals surface area contributed by atoms with Gasteiger partial charge in [-0.25, -0.2) is 0 Å². The van der Waals surface area contributed by atoms with Crippen LogP contribution in [0.25, 0.3) is 0 Å². The number of benzene rings is 1. The van der Waals surface area contributed by atoms with Crippen molar-refractivity contribution < 1.29 is 9.21 Å². The van der Waals surface area contributed by atoms with E-state index in [-0.39, 0.29) is 5.91 Å². The van der Waals surface area contributed by atoms with Crippen LogP contribution >= 0.6 is 0 Å². The molecule has 0 bridgehead atoms. The predicted octanol–water partition coefficient (Wildman–Crippen LogP) is 3.60. The van der Waals surface area contributed by atoms with Gasteiger partial charge in [-0.05, 0) is 70.0 Å². The Labute approximate surface area is 162 Å². The third-order valence-electron chi connectivity index (χ3n) is 5.42. The Morgan fingerprint density at radius 2 is 1.96 bits per heavy atom. The highest BCUT2D eigenvalue weighted by Crippen LogP contribution is 2.21. The molecule has 1 fully saturated rings. The molecule has 1 aliphatic rings. The molecular weight excluding hydrogens is 338 g/mol. The van der Waals surface area contributed by atoms with Gasteiger partial charge in [-0.2, -0.15) is 0 Å². The van der Waals surface area contributed by atoms with Gasteiger partial charge in [0.1, 0.15) is 11.5 Å². The Kier molecular flexibility index (Phi) is 6.22. The second-order valence-corrected chi connectivity index (χ2v) is 7.81. The van der Waals surface area contributed by atoms with Crippen LogP contribution in [0.4, 0.5) is 5.69 Å². The number of carbonyl (C=O) groups excluding carboxylic acids is 1. The standard InChI is InChI=1S/C22H31N3O2/c1-16-12-20(17(2)27-16)15-25-10-8-18(9-11-25)14-23-22(26)19-6-5-7-21(13-19)24(3)4/h5-7,12-13,18H,8-11,14-15H2,1-4H3,(H,23,26). The lowest BCUT2D eigenvalue weighted by molar-refractivity contribution is 0.0935. The van der Waals surface area contributed by atoms with E-state index in [1.54, 1.807) is 0 Å². The van der Waals surface area contributed by atoms with Crippen LogP contribution in [0.1, 0.15) is 40.3 Å². The molecular formula is C22H31N3O2. The van der Waals surface area contributed by atoms with E-state index in [9.17, 15) is 4.79 Å². The lowest BCUT2D eigenvalue weighted by Crippen LogP contribution is -2.38. The fourth-order valence-electron chi connectivity index (χ4n) is 3.69.